The first kappa shape index (κ1) is 13.4. The third kappa shape index (κ3) is 4.39. The molecule has 0 aromatic carbocycles. The molecule has 1 rings (SSSR count). The Morgan fingerprint density at radius 2 is 2.29 bits per heavy atom. The van der Waals surface area contributed by atoms with Crippen LogP contribution in [0.5, 0.6) is 0 Å². The molecule has 0 saturated heterocycles. The van der Waals surface area contributed by atoms with E-state index in [2.05, 4.69) is 15.6 Å². The van der Waals surface area contributed by atoms with Crippen LogP contribution in [-0.2, 0) is 4.79 Å². The number of nitrogens with zero attached hydrogens (tertiary/aromatic N) is 1. The van der Waals surface area contributed by atoms with Crippen LogP contribution in [-0.4, -0.2) is 28.1 Å². The van der Waals surface area contributed by atoms with Crippen LogP contribution >= 0.6 is 11.3 Å². The molecule has 94 valence electrons. The number of rotatable bonds is 5. The van der Waals surface area contributed by atoms with Gasteiger partial charge < -0.3 is 10.4 Å². The minimum Gasteiger partial charge on any atom is -0.480 e. The van der Waals surface area contributed by atoms with E-state index in [1.165, 1.54) is 11.3 Å². The van der Waals surface area contributed by atoms with Crippen molar-refractivity contribution in [3.63, 3.8) is 0 Å². The molecule has 1 aromatic rings. The lowest BCUT2D eigenvalue weighted by Gasteiger charge is -2.13. The smallest absolute Gasteiger partial charge is 0.326 e. The first-order valence-electron chi connectivity index (χ1n) is 5.25. The fourth-order valence-corrected chi connectivity index (χ4v) is 1.91. The molecule has 1 heterocycles. The Labute approximate surface area is 103 Å². The number of hydrogen-bond donors (Lipinski definition) is 3. The third-order valence-electron chi connectivity index (χ3n) is 2.02. The zero-order valence-corrected chi connectivity index (χ0v) is 10.5. The summed E-state index contributed by atoms with van der Waals surface area (Å²) in [6.07, 6.45) is 2.73. The summed E-state index contributed by atoms with van der Waals surface area (Å²) in [6.45, 7) is 3.73. The molecule has 0 unspecified atom stereocenters. The molecule has 7 heteroatoms. The Bertz CT molecular complexity index is 405. The van der Waals surface area contributed by atoms with Crippen LogP contribution in [0.2, 0.25) is 0 Å². The predicted molar refractivity (Wildman–Crippen MR) is 65.3 cm³/mol. The Balaban J connectivity index is 2.50. The van der Waals surface area contributed by atoms with Gasteiger partial charge in [-0.25, -0.2) is 14.6 Å². The molecule has 1 atom stereocenters. The summed E-state index contributed by atoms with van der Waals surface area (Å²) in [5, 5.41) is 14.2. The number of carbonyl (C=O) groups is 2. The number of aryl methyl sites for hydroxylation is 1. The van der Waals surface area contributed by atoms with Crippen molar-refractivity contribution in [3.8, 4) is 0 Å². The number of carboxylic acid groups (broad SMARTS) is 1. The number of nitrogens with one attached hydrogen (secondary N) is 2. The van der Waals surface area contributed by atoms with Crippen LogP contribution in [0.1, 0.15) is 24.6 Å². The van der Waals surface area contributed by atoms with Gasteiger partial charge in [0, 0.05) is 11.1 Å². The van der Waals surface area contributed by atoms with E-state index in [4.69, 9.17) is 5.11 Å². The first-order valence-corrected chi connectivity index (χ1v) is 6.07. The van der Waals surface area contributed by atoms with Crippen LogP contribution in [0.25, 0.3) is 0 Å². The largest absolute Gasteiger partial charge is 0.480 e. The maximum absolute atomic E-state index is 11.5. The number of thiazole rings is 1. The first-order chi connectivity index (χ1) is 8.02. The molecule has 6 nitrogen and oxygen atoms in total. The van der Waals surface area contributed by atoms with E-state index in [-0.39, 0.29) is 0 Å². The zero-order valence-electron chi connectivity index (χ0n) is 9.69. The highest BCUT2D eigenvalue weighted by molar-refractivity contribution is 7.15. The number of carbonyl (C=O) groups excluding carboxylic acids is 1. The normalized spacial score (nSPS) is 11.9. The minimum atomic E-state index is -1.03. The predicted octanol–water partition coefficient (Wildman–Crippen LogP) is 1.83. The van der Waals surface area contributed by atoms with Crippen molar-refractivity contribution in [3.05, 3.63) is 11.1 Å². The van der Waals surface area contributed by atoms with E-state index in [9.17, 15) is 9.59 Å². The van der Waals surface area contributed by atoms with Crippen molar-refractivity contribution < 1.29 is 14.7 Å². The second-order valence-corrected chi connectivity index (χ2v) is 4.79. The van der Waals surface area contributed by atoms with Gasteiger partial charge in [-0.15, -0.1) is 11.3 Å². The summed E-state index contributed by atoms with van der Waals surface area (Å²) < 4.78 is 0. The molecule has 0 aliphatic carbocycles. The van der Waals surface area contributed by atoms with Crippen molar-refractivity contribution in [1.82, 2.24) is 10.3 Å². The van der Waals surface area contributed by atoms with Crippen molar-refractivity contribution >= 4 is 28.5 Å². The van der Waals surface area contributed by atoms with Gasteiger partial charge in [0.05, 0.1) is 0 Å². The quantitative estimate of drug-likeness (QED) is 0.750. The molecule has 0 aliphatic rings. The van der Waals surface area contributed by atoms with Crippen molar-refractivity contribution in [1.29, 1.82) is 0 Å². The van der Waals surface area contributed by atoms with Crippen molar-refractivity contribution in [2.45, 2.75) is 32.7 Å². The molecule has 0 saturated carbocycles. The Morgan fingerprint density at radius 1 is 1.59 bits per heavy atom. The van der Waals surface area contributed by atoms with Crippen LogP contribution in [0, 0.1) is 6.92 Å². The number of aliphatic carboxylic acids is 1. The molecule has 0 radical (unpaired) electrons. The Morgan fingerprint density at radius 3 is 2.76 bits per heavy atom. The van der Waals surface area contributed by atoms with E-state index < -0.39 is 18.0 Å². The maximum Gasteiger partial charge on any atom is 0.326 e. The number of carboxylic acids is 1. The number of amides is 2. The summed E-state index contributed by atoms with van der Waals surface area (Å²) in [5.41, 5.74) is 0. The fraction of sp³-hybridized carbons (Fsp3) is 0.500. The van der Waals surface area contributed by atoms with Gasteiger partial charge in [-0.3, -0.25) is 5.32 Å². The van der Waals surface area contributed by atoms with Crippen molar-refractivity contribution in [2.24, 2.45) is 0 Å². The minimum absolute atomic E-state index is 0.402. The third-order valence-corrected chi connectivity index (χ3v) is 2.85. The maximum atomic E-state index is 11.5. The highest BCUT2D eigenvalue weighted by atomic mass is 32.1. The Kier molecular flexibility index (Phi) is 4.89. The molecule has 0 fully saturated rings. The van der Waals surface area contributed by atoms with Gasteiger partial charge in [0.25, 0.3) is 0 Å². The van der Waals surface area contributed by atoms with E-state index in [1.807, 2.05) is 13.8 Å². The fourth-order valence-electron chi connectivity index (χ4n) is 1.25. The molecule has 3 N–H and O–H groups in total. The number of urea groups is 1. The second-order valence-electron chi connectivity index (χ2n) is 3.55. The Hall–Kier alpha value is -1.63. The SMILES string of the molecule is CCC[C@H](NC(=O)Nc1ncc(C)s1)C(=O)O. The highest BCUT2D eigenvalue weighted by Crippen LogP contribution is 2.16. The van der Waals surface area contributed by atoms with Gasteiger partial charge in [0.15, 0.2) is 5.13 Å². The summed E-state index contributed by atoms with van der Waals surface area (Å²) in [5.74, 6) is -1.03. The van der Waals surface area contributed by atoms with Crippen LogP contribution in [0.15, 0.2) is 6.20 Å². The van der Waals surface area contributed by atoms with E-state index in [0.29, 0.717) is 18.0 Å². The molecule has 0 spiro atoms. The average molecular weight is 257 g/mol. The molecule has 2 amide bonds. The number of aromatic nitrogens is 1. The monoisotopic (exact) mass is 257 g/mol. The standard InChI is InChI=1S/C10H15N3O3S/c1-3-4-7(8(14)15)12-9(16)13-10-11-5-6(2)17-10/h5,7H,3-4H2,1-2H3,(H,14,15)(H2,11,12,13,16)/t7-/m0/s1. The van der Waals surface area contributed by atoms with E-state index >= 15 is 0 Å². The molecule has 1 aromatic heterocycles. The van der Waals surface area contributed by atoms with Gasteiger partial charge in [-0.05, 0) is 13.3 Å². The van der Waals surface area contributed by atoms with Gasteiger partial charge in [0.1, 0.15) is 6.04 Å². The van der Waals surface area contributed by atoms with Gasteiger partial charge >= 0.3 is 12.0 Å². The van der Waals surface area contributed by atoms with Crippen molar-refractivity contribution in [2.75, 3.05) is 5.32 Å². The summed E-state index contributed by atoms with van der Waals surface area (Å²) >= 11 is 1.33. The second kappa shape index (κ2) is 6.19. The summed E-state index contributed by atoms with van der Waals surface area (Å²) in [7, 11) is 0. The lowest BCUT2D eigenvalue weighted by molar-refractivity contribution is -0.139. The van der Waals surface area contributed by atoms with Crippen LogP contribution in [0.3, 0.4) is 0 Å². The van der Waals surface area contributed by atoms with Gasteiger partial charge in [-0.1, -0.05) is 13.3 Å². The topological polar surface area (TPSA) is 91.3 Å². The van der Waals surface area contributed by atoms with Gasteiger partial charge in [0.2, 0.25) is 0 Å². The zero-order chi connectivity index (χ0) is 12.8. The van der Waals surface area contributed by atoms with Crippen LogP contribution < -0.4 is 10.6 Å². The molecule has 0 bridgehead atoms. The summed E-state index contributed by atoms with van der Waals surface area (Å²) in [4.78, 5) is 27.2. The molecular formula is C10H15N3O3S. The van der Waals surface area contributed by atoms with Gasteiger partial charge in [-0.2, -0.15) is 0 Å². The van der Waals surface area contributed by atoms with E-state index in [0.717, 1.165) is 4.88 Å². The lowest BCUT2D eigenvalue weighted by atomic mass is 10.2. The molecule has 0 aliphatic heterocycles. The van der Waals surface area contributed by atoms with E-state index in [1.54, 1.807) is 6.20 Å². The summed E-state index contributed by atoms with van der Waals surface area (Å²) in [6, 6.07) is -1.40. The van der Waals surface area contributed by atoms with Crippen LogP contribution in [0.4, 0.5) is 9.93 Å². The highest BCUT2D eigenvalue weighted by Gasteiger charge is 2.18. The lowest BCUT2D eigenvalue weighted by Crippen LogP contribution is -2.42. The number of anilines is 1. The molecular weight excluding hydrogens is 242 g/mol. The number of hydrogen-bond acceptors (Lipinski definition) is 4. The average Bonchev–Trinajstić information content (AvgIpc) is 2.63. The molecule has 17 heavy (non-hydrogen) atoms.